The Bertz CT molecular complexity index is 590. The van der Waals surface area contributed by atoms with E-state index in [9.17, 15) is 9.59 Å². The molecule has 0 aliphatic heterocycles. The zero-order valence-corrected chi connectivity index (χ0v) is 14.1. The second-order valence-corrected chi connectivity index (χ2v) is 5.74. The molecule has 0 bridgehead atoms. The summed E-state index contributed by atoms with van der Waals surface area (Å²) in [7, 11) is 2.87. The fraction of sp³-hybridized carbons (Fsp3) is 0.444. The number of ether oxygens (including phenoxy) is 2. The summed E-state index contributed by atoms with van der Waals surface area (Å²) in [4.78, 5) is 24.1. The summed E-state index contributed by atoms with van der Waals surface area (Å²) in [6.07, 6.45) is 6.56. The molecule has 130 valence electrons. The zero-order chi connectivity index (χ0) is 17.4. The standard InChI is InChI=1S/C18H24N2O4/c1-23-15-10-8-14(9-11-15)19-16(12-17(21)24-2)18(22)20-13-6-4-3-5-7-13/h8-13,19H,3-7H2,1-2H3,(H,20,22)/b16-12-. The van der Waals surface area contributed by atoms with Crippen molar-refractivity contribution in [2.75, 3.05) is 19.5 Å². The van der Waals surface area contributed by atoms with E-state index < -0.39 is 5.97 Å². The molecule has 0 saturated heterocycles. The molecule has 2 rings (SSSR count). The lowest BCUT2D eigenvalue weighted by molar-refractivity contribution is -0.135. The molecular weight excluding hydrogens is 308 g/mol. The summed E-state index contributed by atoms with van der Waals surface area (Å²) in [5.74, 6) is -0.168. The third-order valence-electron chi connectivity index (χ3n) is 4.02. The second kappa shape index (κ2) is 8.96. The van der Waals surface area contributed by atoms with Crippen molar-refractivity contribution in [2.24, 2.45) is 0 Å². The number of anilines is 1. The molecular formula is C18H24N2O4. The molecule has 0 heterocycles. The van der Waals surface area contributed by atoms with Crippen LogP contribution in [0.1, 0.15) is 32.1 Å². The Hall–Kier alpha value is -2.50. The molecule has 1 amide bonds. The molecule has 1 aromatic rings. The van der Waals surface area contributed by atoms with Crippen LogP contribution in [0.25, 0.3) is 0 Å². The minimum absolute atomic E-state index is 0.157. The molecule has 0 unspecified atom stereocenters. The van der Waals surface area contributed by atoms with Gasteiger partial charge in [-0.05, 0) is 37.1 Å². The molecule has 24 heavy (non-hydrogen) atoms. The van der Waals surface area contributed by atoms with E-state index in [1.807, 2.05) is 0 Å². The van der Waals surface area contributed by atoms with Crippen molar-refractivity contribution in [3.8, 4) is 5.75 Å². The summed E-state index contributed by atoms with van der Waals surface area (Å²) in [6.45, 7) is 0. The Labute approximate surface area is 142 Å². The van der Waals surface area contributed by atoms with Gasteiger partial charge in [-0.1, -0.05) is 19.3 Å². The van der Waals surface area contributed by atoms with Gasteiger partial charge in [-0.25, -0.2) is 4.79 Å². The minimum Gasteiger partial charge on any atom is -0.497 e. The van der Waals surface area contributed by atoms with Crippen LogP contribution in [-0.2, 0) is 14.3 Å². The van der Waals surface area contributed by atoms with Gasteiger partial charge in [0.1, 0.15) is 11.4 Å². The molecule has 1 aromatic carbocycles. The fourth-order valence-electron chi connectivity index (χ4n) is 2.68. The van der Waals surface area contributed by atoms with Crippen LogP contribution in [0.15, 0.2) is 36.0 Å². The van der Waals surface area contributed by atoms with Crippen molar-refractivity contribution in [2.45, 2.75) is 38.1 Å². The van der Waals surface area contributed by atoms with E-state index in [2.05, 4.69) is 15.4 Å². The summed E-state index contributed by atoms with van der Waals surface area (Å²) in [5.41, 5.74) is 0.849. The number of hydrogen-bond donors (Lipinski definition) is 2. The average molecular weight is 332 g/mol. The Balaban J connectivity index is 2.09. The Kier molecular flexibility index (Phi) is 6.66. The number of rotatable bonds is 6. The lowest BCUT2D eigenvalue weighted by Crippen LogP contribution is -2.38. The van der Waals surface area contributed by atoms with Gasteiger partial charge in [0.15, 0.2) is 0 Å². The molecule has 6 nitrogen and oxygen atoms in total. The first-order valence-electron chi connectivity index (χ1n) is 8.14. The Morgan fingerprint density at radius 3 is 2.33 bits per heavy atom. The number of nitrogens with one attached hydrogen (secondary N) is 2. The highest BCUT2D eigenvalue weighted by Gasteiger charge is 2.19. The SMILES string of the molecule is COC(=O)/C=C(\Nc1ccc(OC)cc1)C(=O)NC1CCCCC1. The number of amides is 1. The van der Waals surface area contributed by atoms with Crippen LogP contribution in [0.5, 0.6) is 5.75 Å². The third-order valence-corrected chi connectivity index (χ3v) is 4.02. The van der Waals surface area contributed by atoms with E-state index in [0.29, 0.717) is 11.4 Å². The number of carbonyl (C=O) groups excluding carboxylic acids is 2. The summed E-state index contributed by atoms with van der Waals surface area (Å²) < 4.78 is 9.75. The molecule has 0 spiro atoms. The van der Waals surface area contributed by atoms with Crippen LogP contribution >= 0.6 is 0 Å². The molecule has 0 radical (unpaired) electrons. The molecule has 1 aliphatic rings. The van der Waals surface area contributed by atoms with Crippen molar-refractivity contribution in [1.29, 1.82) is 0 Å². The molecule has 0 aromatic heterocycles. The van der Waals surface area contributed by atoms with Gasteiger partial charge < -0.3 is 20.1 Å². The smallest absolute Gasteiger partial charge is 0.332 e. The van der Waals surface area contributed by atoms with Gasteiger partial charge in [-0.3, -0.25) is 4.79 Å². The van der Waals surface area contributed by atoms with E-state index in [0.717, 1.165) is 25.7 Å². The second-order valence-electron chi connectivity index (χ2n) is 5.74. The van der Waals surface area contributed by atoms with E-state index in [-0.39, 0.29) is 17.6 Å². The molecule has 6 heteroatoms. The monoisotopic (exact) mass is 332 g/mol. The van der Waals surface area contributed by atoms with Crippen LogP contribution in [-0.4, -0.2) is 32.1 Å². The summed E-state index contributed by atoms with van der Waals surface area (Å²) >= 11 is 0. The topological polar surface area (TPSA) is 76.7 Å². The van der Waals surface area contributed by atoms with E-state index in [1.54, 1.807) is 31.4 Å². The van der Waals surface area contributed by atoms with Gasteiger partial charge in [-0.2, -0.15) is 0 Å². The highest BCUT2D eigenvalue weighted by atomic mass is 16.5. The van der Waals surface area contributed by atoms with Crippen LogP contribution in [0.3, 0.4) is 0 Å². The minimum atomic E-state index is -0.579. The van der Waals surface area contributed by atoms with Crippen molar-refractivity contribution in [1.82, 2.24) is 5.32 Å². The number of esters is 1. The third kappa shape index (κ3) is 5.30. The van der Waals surface area contributed by atoms with E-state index >= 15 is 0 Å². The maximum absolute atomic E-state index is 12.5. The first kappa shape index (κ1) is 17.8. The van der Waals surface area contributed by atoms with Gasteiger partial charge in [0.25, 0.3) is 5.91 Å². The van der Waals surface area contributed by atoms with Gasteiger partial charge in [0.05, 0.1) is 20.3 Å². The summed E-state index contributed by atoms with van der Waals surface area (Å²) in [6, 6.07) is 7.26. The highest BCUT2D eigenvalue weighted by molar-refractivity contribution is 6.01. The predicted octanol–water partition coefficient (Wildman–Crippen LogP) is 2.61. The number of benzene rings is 1. The molecule has 0 atom stereocenters. The van der Waals surface area contributed by atoms with Gasteiger partial charge in [0, 0.05) is 11.7 Å². The Morgan fingerprint density at radius 1 is 1.08 bits per heavy atom. The number of methoxy groups -OCH3 is 2. The maximum atomic E-state index is 12.5. The maximum Gasteiger partial charge on any atom is 0.332 e. The molecule has 1 aliphatic carbocycles. The van der Waals surface area contributed by atoms with Gasteiger partial charge in [0.2, 0.25) is 0 Å². The number of carbonyl (C=O) groups is 2. The van der Waals surface area contributed by atoms with Crippen molar-refractivity contribution in [3.05, 3.63) is 36.0 Å². The molecule has 2 N–H and O–H groups in total. The lowest BCUT2D eigenvalue weighted by Gasteiger charge is -2.23. The van der Waals surface area contributed by atoms with Crippen molar-refractivity contribution >= 4 is 17.6 Å². The van der Waals surface area contributed by atoms with Crippen LogP contribution in [0.2, 0.25) is 0 Å². The molecule has 1 fully saturated rings. The highest BCUT2D eigenvalue weighted by Crippen LogP contribution is 2.19. The van der Waals surface area contributed by atoms with Crippen molar-refractivity contribution in [3.63, 3.8) is 0 Å². The van der Waals surface area contributed by atoms with Crippen LogP contribution < -0.4 is 15.4 Å². The summed E-state index contributed by atoms with van der Waals surface area (Å²) in [5, 5.41) is 5.97. The van der Waals surface area contributed by atoms with Gasteiger partial charge >= 0.3 is 5.97 Å². The zero-order valence-electron chi connectivity index (χ0n) is 14.1. The van der Waals surface area contributed by atoms with E-state index in [4.69, 9.17) is 4.74 Å². The van der Waals surface area contributed by atoms with Crippen LogP contribution in [0, 0.1) is 0 Å². The van der Waals surface area contributed by atoms with Crippen LogP contribution in [0.4, 0.5) is 5.69 Å². The average Bonchev–Trinajstić information content (AvgIpc) is 2.62. The normalized spacial score (nSPS) is 15.5. The quantitative estimate of drug-likeness (QED) is 0.618. The molecule has 1 saturated carbocycles. The largest absolute Gasteiger partial charge is 0.497 e. The van der Waals surface area contributed by atoms with E-state index in [1.165, 1.54) is 19.6 Å². The first-order chi connectivity index (χ1) is 11.6. The fourth-order valence-corrected chi connectivity index (χ4v) is 2.68. The lowest BCUT2D eigenvalue weighted by atomic mass is 9.95. The first-order valence-corrected chi connectivity index (χ1v) is 8.14. The Morgan fingerprint density at radius 2 is 1.75 bits per heavy atom. The number of hydrogen-bond acceptors (Lipinski definition) is 5. The van der Waals surface area contributed by atoms with Gasteiger partial charge in [-0.15, -0.1) is 0 Å². The van der Waals surface area contributed by atoms with Crippen molar-refractivity contribution < 1.29 is 19.1 Å². The predicted molar refractivity (Wildman–Crippen MR) is 91.7 cm³/mol.